The second-order valence-corrected chi connectivity index (χ2v) is 4.03. The van der Waals surface area contributed by atoms with Gasteiger partial charge in [0.15, 0.2) is 6.04 Å². The maximum atomic E-state index is 13.6. The van der Waals surface area contributed by atoms with Crippen molar-refractivity contribution in [2.24, 2.45) is 7.05 Å². The van der Waals surface area contributed by atoms with Crippen LogP contribution in [0.1, 0.15) is 11.6 Å². The molecule has 1 aromatic heterocycles. The zero-order valence-corrected chi connectivity index (χ0v) is 10.6. The predicted molar refractivity (Wildman–Crippen MR) is 68.0 cm³/mol. The quantitative estimate of drug-likeness (QED) is 0.856. The molecule has 6 heteroatoms. The number of ether oxygens (including phenoxy) is 1. The molecule has 0 bridgehead atoms. The summed E-state index contributed by atoms with van der Waals surface area (Å²) in [6.45, 7) is 0. The van der Waals surface area contributed by atoms with E-state index in [2.05, 4.69) is 10.4 Å². The maximum absolute atomic E-state index is 13.6. The van der Waals surface area contributed by atoms with Crippen LogP contribution in [0, 0.1) is 5.82 Å². The van der Waals surface area contributed by atoms with Gasteiger partial charge in [0.2, 0.25) is 0 Å². The van der Waals surface area contributed by atoms with Crippen molar-refractivity contribution in [2.45, 2.75) is 6.04 Å². The average molecular weight is 263 g/mol. The molecule has 19 heavy (non-hydrogen) atoms. The molecule has 1 aromatic carbocycles. The molecule has 100 valence electrons. The molecule has 1 heterocycles. The smallest absolute Gasteiger partial charge is 0.333 e. The molecule has 1 N–H and O–H groups in total. The number of methoxy groups -OCH3 is 1. The Morgan fingerprint density at radius 2 is 2.21 bits per heavy atom. The Bertz CT molecular complexity index is 583. The minimum absolute atomic E-state index is 0.238. The van der Waals surface area contributed by atoms with E-state index in [-0.39, 0.29) is 5.69 Å². The highest BCUT2D eigenvalue weighted by atomic mass is 19.1. The molecule has 0 amide bonds. The first-order chi connectivity index (χ1) is 9.11. The van der Waals surface area contributed by atoms with Crippen LogP contribution in [0.5, 0.6) is 0 Å². The Hall–Kier alpha value is -2.37. The lowest BCUT2D eigenvalue weighted by Crippen LogP contribution is -2.22. The maximum Gasteiger partial charge on any atom is 0.333 e. The van der Waals surface area contributed by atoms with Crippen molar-refractivity contribution in [1.29, 1.82) is 0 Å². The number of carbonyl (C=O) groups is 1. The van der Waals surface area contributed by atoms with Gasteiger partial charge in [-0.2, -0.15) is 5.10 Å². The van der Waals surface area contributed by atoms with E-state index in [1.165, 1.54) is 19.4 Å². The number of nitrogens with zero attached hydrogens (tertiary/aromatic N) is 2. The third-order valence-electron chi connectivity index (χ3n) is 2.67. The second-order valence-electron chi connectivity index (χ2n) is 4.03. The predicted octanol–water partition coefficient (Wildman–Crippen LogP) is 1.89. The molecule has 0 aliphatic heterocycles. The Morgan fingerprint density at radius 1 is 1.47 bits per heavy atom. The van der Waals surface area contributed by atoms with Crippen LogP contribution < -0.4 is 5.32 Å². The van der Waals surface area contributed by atoms with Gasteiger partial charge in [-0.05, 0) is 12.1 Å². The number of aryl methyl sites for hydroxylation is 1. The van der Waals surface area contributed by atoms with Crippen molar-refractivity contribution in [2.75, 3.05) is 12.4 Å². The zero-order valence-electron chi connectivity index (χ0n) is 10.6. The fourth-order valence-corrected chi connectivity index (χ4v) is 1.72. The third-order valence-corrected chi connectivity index (χ3v) is 2.67. The summed E-state index contributed by atoms with van der Waals surface area (Å²) in [5, 5.41) is 6.82. The van der Waals surface area contributed by atoms with E-state index in [4.69, 9.17) is 4.74 Å². The van der Waals surface area contributed by atoms with Crippen LogP contribution in [-0.4, -0.2) is 22.9 Å². The number of benzene rings is 1. The van der Waals surface area contributed by atoms with Gasteiger partial charge in [-0.1, -0.05) is 12.1 Å². The number of aromatic nitrogens is 2. The summed E-state index contributed by atoms with van der Waals surface area (Å²) in [6.07, 6.45) is 3.21. The van der Waals surface area contributed by atoms with Crippen molar-refractivity contribution in [1.82, 2.24) is 9.78 Å². The number of hydrogen-bond donors (Lipinski definition) is 1. The van der Waals surface area contributed by atoms with E-state index in [1.807, 2.05) is 0 Å². The molecule has 1 atom stereocenters. The molecule has 1 unspecified atom stereocenters. The number of halogens is 1. The van der Waals surface area contributed by atoms with Gasteiger partial charge in [0.05, 0.1) is 19.0 Å². The summed E-state index contributed by atoms with van der Waals surface area (Å²) in [6, 6.07) is 5.35. The van der Waals surface area contributed by atoms with Crippen molar-refractivity contribution >= 4 is 11.7 Å². The minimum Gasteiger partial charge on any atom is -0.467 e. The van der Waals surface area contributed by atoms with Crippen LogP contribution in [0.3, 0.4) is 0 Å². The zero-order chi connectivity index (χ0) is 13.8. The highest BCUT2D eigenvalue weighted by Crippen LogP contribution is 2.22. The normalized spacial score (nSPS) is 11.9. The largest absolute Gasteiger partial charge is 0.467 e. The lowest BCUT2D eigenvalue weighted by Gasteiger charge is -2.16. The molecule has 0 spiro atoms. The molecule has 0 fully saturated rings. The van der Waals surface area contributed by atoms with Gasteiger partial charge in [0.1, 0.15) is 5.82 Å². The highest BCUT2D eigenvalue weighted by Gasteiger charge is 2.23. The molecule has 0 saturated carbocycles. The Kier molecular flexibility index (Phi) is 3.79. The fourth-order valence-electron chi connectivity index (χ4n) is 1.72. The average Bonchev–Trinajstić information content (AvgIpc) is 2.83. The van der Waals surface area contributed by atoms with Gasteiger partial charge in [-0.25, -0.2) is 9.18 Å². The SMILES string of the molecule is COC(=O)C(Nc1ccccc1F)c1cnn(C)c1. The topological polar surface area (TPSA) is 56.1 Å². The van der Waals surface area contributed by atoms with Gasteiger partial charge in [0.25, 0.3) is 0 Å². The van der Waals surface area contributed by atoms with Crippen LogP contribution in [0.4, 0.5) is 10.1 Å². The minimum atomic E-state index is -0.796. The standard InChI is InChI=1S/C13H14FN3O2/c1-17-8-9(7-15-17)12(13(18)19-2)16-11-6-4-3-5-10(11)14/h3-8,12,16H,1-2H3. The Morgan fingerprint density at radius 3 is 2.79 bits per heavy atom. The van der Waals surface area contributed by atoms with Crippen molar-refractivity contribution in [3.05, 3.63) is 48.0 Å². The number of carbonyl (C=O) groups excluding carboxylic acids is 1. The number of nitrogens with one attached hydrogen (secondary N) is 1. The van der Waals surface area contributed by atoms with Crippen molar-refractivity contribution in [3.63, 3.8) is 0 Å². The third kappa shape index (κ3) is 2.90. The van der Waals surface area contributed by atoms with E-state index in [0.29, 0.717) is 5.56 Å². The summed E-state index contributed by atoms with van der Waals surface area (Å²) in [4.78, 5) is 11.8. The number of anilines is 1. The lowest BCUT2D eigenvalue weighted by atomic mass is 10.1. The van der Waals surface area contributed by atoms with E-state index < -0.39 is 17.8 Å². The highest BCUT2D eigenvalue weighted by molar-refractivity contribution is 5.80. The summed E-state index contributed by atoms with van der Waals surface area (Å²) >= 11 is 0. The van der Waals surface area contributed by atoms with E-state index in [9.17, 15) is 9.18 Å². The van der Waals surface area contributed by atoms with Crippen LogP contribution in [0.15, 0.2) is 36.7 Å². The van der Waals surface area contributed by atoms with E-state index in [0.717, 1.165) is 0 Å². The molecule has 2 aromatic rings. The van der Waals surface area contributed by atoms with E-state index in [1.54, 1.807) is 36.1 Å². The van der Waals surface area contributed by atoms with Gasteiger partial charge in [0, 0.05) is 18.8 Å². The van der Waals surface area contributed by atoms with Gasteiger partial charge in [-0.3, -0.25) is 4.68 Å². The first kappa shape index (κ1) is 13.1. The summed E-state index contributed by atoms with van der Waals surface area (Å²) in [5.41, 5.74) is 0.847. The van der Waals surface area contributed by atoms with Crippen LogP contribution in [-0.2, 0) is 16.6 Å². The number of para-hydroxylation sites is 1. The molecule has 5 nitrogen and oxygen atoms in total. The van der Waals surface area contributed by atoms with Crippen molar-refractivity contribution in [3.8, 4) is 0 Å². The van der Waals surface area contributed by atoms with Crippen LogP contribution >= 0.6 is 0 Å². The molecule has 0 radical (unpaired) electrons. The van der Waals surface area contributed by atoms with Gasteiger partial charge < -0.3 is 10.1 Å². The second kappa shape index (κ2) is 5.51. The Labute approximate surface area is 110 Å². The first-order valence-electron chi connectivity index (χ1n) is 5.69. The monoisotopic (exact) mass is 263 g/mol. The van der Waals surface area contributed by atoms with Crippen molar-refractivity contribution < 1.29 is 13.9 Å². The summed E-state index contributed by atoms with van der Waals surface area (Å²) in [7, 11) is 3.02. The molecular weight excluding hydrogens is 249 g/mol. The fraction of sp³-hybridized carbons (Fsp3) is 0.231. The van der Waals surface area contributed by atoms with Crippen LogP contribution in [0.25, 0.3) is 0 Å². The number of rotatable bonds is 4. The lowest BCUT2D eigenvalue weighted by molar-refractivity contribution is -0.141. The first-order valence-corrected chi connectivity index (χ1v) is 5.69. The molecule has 0 saturated heterocycles. The number of esters is 1. The molecule has 2 rings (SSSR count). The Balaban J connectivity index is 2.29. The van der Waals surface area contributed by atoms with E-state index >= 15 is 0 Å². The number of hydrogen-bond acceptors (Lipinski definition) is 4. The molecule has 0 aliphatic rings. The van der Waals surface area contributed by atoms with Gasteiger partial charge in [-0.15, -0.1) is 0 Å². The van der Waals surface area contributed by atoms with Crippen LogP contribution in [0.2, 0.25) is 0 Å². The summed E-state index contributed by atoms with van der Waals surface area (Å²) < 4.78 is 19.9. The molecular formula is C13H14FN3O2. The van der Waals surface area contributed by atoms with Gasteiger partial charge >= 0.3 is 5.97 Å². The summed E-state index contributed by atoms with van der Waals surface area (Å²) in [5.74, 6) is -0.934. The molecule has 0 aliphatic carbocycles.